The number of terminal acetylenes is 1. The normalized spacial score (nSPS) is 19.5. The summed E-state index contributed by atoms with van der Waals surface area (Å²) in [7, 11) is 0. The zero-order valence-electron chi connectivity index (χ0n) is 16.1. The Bertz CT molecular complexity index is 978. The number of amides is 1. The van der Waals surface area contributed by atoms with Crippen molar-refractivity contribution < 1.29 is 9.53 Å². The molecule has 3 rings (SSSR count). The van der Waals surface area contributed by atoms with Crippen LogP contribution < -0.4 is 10.1 Å². The summed E-state index contributed by atoms with van der Waals surface area (Å²) in [6, 6.07) is 13.7. The van der Waals surface area contributed by atoms with Crippen LogP contribution in [0.25, 0.3) is 16.8 Å². The lowest BCUT2D eigenvalue weighted by atomic mass is 9.86. The summed E-state index contributed by atoms with van der Waals surface area (Å²) in [6.07, 6.45) is 11.3. The molecule has 0 radical (unpaired) electrons. The van der Waals surface area contributed by atoms with Gasteiger partial charge in [0, 0.05) is 11.6 Å². The predicted molar refractivity (Wildman–Crippen MR) is 111 cm³/mol. The molecule has 4 heteroatoms. The summed E-state index contributed by atoms with van der Waals surface area (Å²) in [5, 5.41) is 14.6. The van der Waals surface area contributed by atoms with Crippen molar-refractivity contribution in [1.29, 1.82) is 5.26 Å². The minimum Gasteiger partial charge on any atom is -0.480 e. The number of rotatable bonds is 5. The maximum absolute atomic E-state index is 12.8. The maximum atomic E-state index is 12.8. The number of nitrogens with one attached hydrogen (secondary N) is 1. The van der Waals surface area contributed by atoms with Crippen LogP contribution >= 0.6 is 0 Å². The van der Waals surface area contributed by atoms with Gasteiger partial charge in [0.2, 0.25) is 0 Å². The fourth-order valence-electron chi connectivity index (χ4n) is 3.74. The first-order valence-corrected chi connectivity index (χ1v) is 9.64. The van der Waals surface area contributed by atoms with Gasteiger partial charge < -0.3 is 10.1 Å². The average Bonchev–Trinajstić information content (AvgIpc) is 2.72. The number of carbonyl (C=O) groups is 1. The number of hydrogen-bond donors (Lipinski definition) is 1. The maximum Gasteiger partial charge on any atom is 0.262 e. The second kappa shape index (κ2) is 9.11. The molecule has 1 amide bonds. The van der Waals surface area contributed by atoms with Crippen molar-refractivity contribution in [1.82, 2.24) is 5.32 Å². The lowest BCUT2D eigenvalue weighted by Gasteiger charge is -2.29. The number of nitrogens with zero attached hydrogens (tertiary/aromatic N) is 1. The molecule has 0 bridgehead atoms. The molecule has 0 aromatic heterocycles. The Morgan fingerprint density at radius 3 is 2.82 bits per heavy atom. The van der Waals surface area contributed by atoms with E-state index >= 15 is 0 Å². The molecule has 2 atom stereocenters. The molecule has 0 heterocycles. The third kappa shape index (κ3) is 4.35. The first-order chi connectivity index (χ1) is 13.6. The number of fused-ring (bicyclic) bond motifs is 1. The number of benzene rings is 2. The molecule has 0 unspecified atom stereocenters. The van der Waals surface area contributed by atoms with Crippen LogP contribution in [0.5, 0.6) is 5.75 Å². The van der Waals surface area contributed by atoms with Gasteiger partial charge in [-0.25, -0.2) is 0 Å². The van der Waals surface area contributed by atoms with Gasteiger partial charge >= 0.3 is 0 Å². The van der Waals surface area contributed by atoms with E-state index < -0.39 is 0 Å². The average molecular weight is 372 g/mol. The first kappa shape index (κ1) is 19.5. The van der Waals surface area contributed by atoms with Crippen LogP contribution in [0, 0.1) is 29.6 Å². The van der Waals surface area contributed by atoms with Crippen molar-refractivity contribution in [2.45, 2.75) is 38.6 Å². The Morgan fingerprint density at radius 1 is 1.29 bits per heavy atom. The van der Waals surface area contributed by atoms with E-state index in [9.17, 15) is 10.1 Å². The van der Waals surface area contributed by atoms with Gasteiger partial charge in [0.25, 0.3) is 5.91 Å². The SMILES string of the molecule is C#CCOc1ccc2ccccc2c1/C=C(\C#N)C(=O)N[C@H]1CCCC[C@H]1C. The van der Waals surface area contributed by atoms with Crippen LogP contribution in [0.15, 0.2) is 42.0 Å². The summed E-state index contributed by atoms with van der Waals surface area (Å²) in [5.74, 6) is 3.10. The van der Waals surface area contributed by atoms with Crippen molar-refractivity contribution in [2.24, 2.45) is 5.92 Å². The van der Waals surface area contributed by atoms with Crippen LogP contribution in [0.1, 0.15) is 38.2 Å². The molecule has 1 aliphatic carbocycles. The van der Waals surface area contributed by atoms with E-state index in [0.717, 1.165) is 30.0 Å². The Kier molecular flexibility index (Phi) is 6.35. The van der Waals surface area contributed by atoms with Gasteiger partial charge in [-0.1, -0.05) is 56.0 Å². The quantitative estimate of drug-likeness (QED) is 0.479. The van der Waals surface area contributed by atoms with Crippen molar-refractivity contribution in [3.05, 3.63) is 47.5 Å². The molecule has 0 aliphatic heterocycles. The number of carbonyl (C=O) groups excluding carboxylic acids is 1. The minimum absolute atomic E-state index is 0.0692. The third-order valence-electron chi connectivity index (χ3n) is 5.32. The van der Waals surface area contributed by atoms with Crippen molar-refractivity contribution in [2.75, 3.05) is 6.61 Å². The monoisotopic (exact) mass is 372 g/mol. The number of ether oxygens (including phenoxy) is 1. The summed E-state index contributed by atoms with van der Waals surface area (Å²) >= 11 is 0. The Labute approximate surface area is 166 Å². The van der Waals surface area contributed by atoms with Crippen LogP contribution in [-0.4, -0.2) is 18.6 Å². The highest BCUT2D eigenvalue weighted by molar-refractivity contribution is 6.05. The molecule has 1 saturated carbocycles. The Morgan fingerprint density at radius 2 is 2.07 bits per heavy atom. The second-order valence-electron chi connectivity index (χ2n) is 7.20. The molecule has 28 heavy (non-hydrogen) atoms. The smallest absolute Gasteiger partial charge is 0.262 e. The fraction of sp³-hybridized carbons (Fsp3) is 0.333. The lowest BCUT2D eigenvalue weighted by Crippen LogP contribution is -2.41. The molecule has 2 aromatic carbocycles. The highest BCUT2D eigenvalue weighted by Gasteiger charge is 2.24. The fourth-order valence-corrected chi connectivity index (χ4v) is 3.74. The summed E-state index contributed by atoms with van der Waals surface area (Å²) in [6.45, 7) is 2.27. The molecule has 4 nitrogen and oxygen atoms in total. The molecule has 2 aromatic rings. The predicted octanol–water partition coefficient (Wildman–Crippen LogP) is 4.45. The zero-order chi connectivity index (χ0) is 19.9. The van der Waals surface area contributed by atoms with E-state index in [4.69, 9.17) is 11.2 Å². The van der Waals surface area contributed by atoms with Gasteiger partial charge in [-0.2, -0.15) is 5.26 Å². The van der Waals surface area contributed by atoms with Gasteiger partial charge in [-0.15, -0.1) is 6.42 Å². The van der Waals surface area contributed by atoms with Gasteiger partial charge in [-0.3, -0.25) is 4.79 Å². The molecular formula is C24H24N2O2. The molecule has 1 aliphatic rings. The van der Waals surface area contributed by atoms with E-state index in [1.807, 2.05) is 36.4 Å². The van der Waals surface area contributed by atoms with Gasteiger partial charge in [-0.05, 0) is 41.7 Å². The largest absolute Gasteiger partial charge is 0.480 e. The summed E-state index contributed by atoms with van der Waals surface area (Å²) in [5.41, 5.74) is 0.761. The standard InChI is InChI=1S/C24H24N2O2/c1-3-14-28-23-13-12-18-9-5-6-10-20(18)21(23)15-19(16-25)24(27)26-22-11-7-4-8-17(22)2/h1,5-6,9-10,12-13,15,17,22H,4,7-8,11,14H2,2H3,(H,26,27)/b19-15+/t17-,22+/m1/s1. The zero-order valence-corrected chi connectivity index (χ0v) is 16.1. The molecular weight excluding hydrogens is 348 g/mol. The lowest BCUT2D eigenvalue weighted by molar-refractivity contribution is -0.118. The van der Waals surface area contributed by atoms with Crippen molar-refractivity contribution >= 4 is 22.8 Å². The Balaban J connectivity index is 1.96. The van der Waals surface area contributed by atoms with Crippen molar-refractivity contribution in [3.8, 4) is 24.2 Å². The number of nitriles is 1. The van der Waals surface area contributed by atoms with E-state index in [-0.39, 0.29) is 24.1 Å². The van der Waals surface area contributed by atoms with E-state index in [1.165, 1.54) is 6.42 Å². The van der Waals surface area contributed by atoms with E-state index in [1.54, 1.807) is 6.08 Å². The van der Waals surface area contributed by atoms with Crippen LogP contribution in [0.4, 0.5) is 0 Å². The van der Waals surface area contributed by atoms with E-state index in [0.29, 0.717) is 17.2 Å². The van der Waals surface area contributed by atoms with Gasteiger partial charge in [0.15, 0.2) is 0 Å². The van der Waals surface area contributed by atoms with Crippen LogP contribution in [0.3, 0.4) is 0 Å². The highest BCUT2D eigenvalue weighted by Crippen LogP contribution is 2.30. The van der Waals surface area contributed by atoms with E-state index in [2.05, 4.69) is 24.2 Å². The van der Waals surface area contributed by atoms with Gasteiger partial charge in [0.05, 0.1) is 0 Å². The third-order valence-corrected chi connectivity index (χ3v) is 5.32. The van der Waals surface area contributed by atoms with Crippen molar-refractivity contribution in [3.63, 3.8) is 0 Å². The molecule has 1 N–H and O–H groups in total. The molecule has 0 saturated heterocycles. The summed E-state index contributed by atoms with van der Waals surface area (Å²) < 4.78 is 5.66. The second-order valence-corrected chi connectivity index (χ2v) is 7.20. The minimum atomic E-state index is -0.336. The topological polar surface area (TPSA) is 62.1 Å². The molecule has 1 fully saturated rings. The summed E-state index contributed by atoms with van der Waals surface area (Å²) in [4.78, 5) is 12.8. The first-order valence-electron chi connectivity index (χ1n) is 9.64. The van der Waals surface area contributed by atoms with Crippen LogP contribution in [0.2, 0.25) is 0 Å². The van der Waals surface area contributed by atoms with Gasteiger partial charge in [0.1, 0.15) is 24.0 Å². The highest BCUT2D eigenvalue weighted by atomic mass is 16.5. The molecule has 142 valence electrons. The Hall–Kier alpha value is -3.24. The molecule has 0 spiro atoms. The number of hydrogen-bond acceptors (Lipinski definition) is 3. The van der Waals surface area contributed by atoms with Crippen LogP contribution in [-0.2, 0) is 4.79 Å².